The third-order valence-electron chi connectivity index (χ3n) is 1.53. The van der Waals surface area contributed by atoms with Crippen molar-refractivity contribution in [2.24, 2.45) is 5.73 Å². The summed E-state index contributed by atoms with van der Waals surface area (Å²) >= 11 is 0. The molecule has 2 atom stereocenters. The van der Waals surface area contributed by atoms with E-state index in [4.69, 9.17) is 10.6 Å². The Morgan fingerprint density at radius 2 is 2.13 bits per heavy atom. The molecular weight excluding hydrogens is 219 g/mol. The molecule has 0 aromatic carbocycles. The fourth-order valence-corrected chi connectivity index (χ4v) is 2.00. The highest BCUT2D eigenvalue weighted by Gasteiger charge is 2.34. The van der Waals surface area contributed by atoms with Gasteiger partial charge in [-0.05, 0) is 0 Å². The second-order valence-electron chi connectivity index (χ2n) is 4.57. The van der Waals surface area contributed by atoms with Gasteiger partial charge in [0.1, 0.15) is 6.54 Å². The van der Waals surface area contributed by atoms with Crippen LogP contribution in [0.1, 0.15) is 6.42 Å². The predicted octanol–water partition coefficient (Wildman–Crippen LogP) is -0.599. The first-order valence-corrected chi connectivity index (χ1v) is 5.92. The summed E-state index contributed by atoms with van der Waals surface area (Å²) in [6.07, 6.45) is 1.58. The molecule has 0 aromatic heterocycles. The number of phosphoric ester groups is 1. The Hall–Kier alpha value is -0.230. The average Bonchev–Trinajstić information content (AvgIpc) is 1.74. The van der Waals surface area contributed by atoms with Gasteiger partial charge in [-0.1, -0.05) is 6.08 Å². The van der Waals surface area contributed by atoms with Crippen LogP contribution in [-0.4, -0.2) is 42.8 Å². The van der Waals surface area contributed by atoms with Gasteiger partial charge in [-0.25, -0.2) is 0 Å². The first-order chi connectivity index (χ1) is 6.47. The fraction of sp³-hybridized carbons (Fsp3) is 0.750. The lowest BCUT2D eigenvalue weighted by molar-refractivity contribution is -0.876. The van der Waals surface area contributed by atoms with E-state index in [0.29, 0.717) is 4.48 Å². The minimum atomic E-state index is -4.84. The minimum Gasteiger partial charge on any atom is -0.756 e. The SMILES string of the molecule is C=CCC(N)(C[N+](C)(C)C)OP(=O)([O-])O. The topological polar surface area (TPSA) is 95.6 Å². The lowest BCUT2D eigenvalue weighted by atomic mass is 10.1. The largest absolute Gasteiger partial charge is 0.756 e. The van der Waals surface area contributed by atoms with E-state index in [9.17, 15) is 9.46 Å². The van der Waals surface area contributed by atoms with Crippen LogP contribution >= 0.6 is 7.82 Å². The zero-order chi connectivity index (χ0) is 12.3. The molecule has 2 unspecified atom stereocenters. The molecule has 0 aliphatic heterocycles. The van der Waals surface area contributed by atoms with E-state index in [1.54, 1.807) is 0 Å². The molecule has 0 aliphatic rings. The van der Waals surface area contributed by atoms with Crippen LogP contribution in [0.2, 0.25) is 0 Å². The van der Waals surface area contributed by atoms with Gasteiger partial charge in [0.15, 0.2) is 5.72 Å². The molecule has 0 aromatic rings. The van der Waals surface area contributed by atoms with Gasteiger partial charge < -0.3 is 14.3 Å². The number of phosphoric acid groups is 1. The fourth-order valence-electron chi connectivity index (χ4n) is 1.41. The zero-order valence-electron chi connectivity index (χ0n) is 9.34. The molecule has 0 aliphatic carbocycles. The lowest BCUT2D eigenvalue weighted by Gasteiger charge is -2.37. The molecule has 0 amide bonds. The Balaban J connectivity index is 4.74. The number of quaternary nitrogens is 1. The number of rotatable bonds is 6. The van der Waals surface area contributed by atoms with Crippen LogP contribution in [0.4, 0.5) is 0 Å². The molecule has 15 heavy (non-hydrogen) atoms. The van der Waals surface area contributed by atoms with Crippen molar-refractivity contribution in [3.05, 3.63) is 12.7 Å². The lowest BCUT2D eigenvalue weighted by Crippen LogP contribution is -2.56. The molecule has 0 saturated carbocycles. The first-order valence-electron chi connectivity index (χ1n) is 4.42. The Labute approximate surface area is 90.2 Å². The van der Waals surface area contributed by atoms with Crippen LogP contribution in [0.5, 0.6) is 0 Å². The second-order valence-corrected chi connectivity index (χ2v) is 5.69. The number of hydrogen-bond acceptors (Lipinski definition) is 4. The second kappa shape index (κ2) is 4.74. The van der Waals surface area contributed by atoms with E-state index in [2.05, 4.69) is 11.1 Å². The summed E-state index contributed by atoms with van der Waals surface area (Å²) in [5.74, 6) is 0. The van der Waals surface area contributed by atoms with Gasteiger partial charge in [0.25, 0.3) is 7.82 Å². The molecule has 0 saturated heterocycles. The van der Waals surface area contributed by atoms with Crippen LogP contribution in [0, 0.1) is 0 Å². The monoisotopic (exact) mass is 238 g/mol. The molecule has 0 radical (unpaired) electrons. The molecule has 6 nitrogen and oxygen atoms in total. The third kappa shape index (κ3) is 7.67. The minimum absolute atomic E-state index is 0.134. The molecule has 0 heterocycles. The van der Waals surface area contributed by atoms with Gasteiger partial charge >= 0.3 is 0 Å². The molecule has 3 N–H and O–H groups in total. The summed E-state index contributed by atoms with van der Waals surface area (Å²) in [5, 5.41) is 0. The van der Waals surface area contributed by atoms with E-state index in [-0.39, 0.29) is 13.0 Å². The molecule has 0 spiro atoms. The zero-order valence-corrected chi connectivity index (χ0v) is 10.2. The Bertz CT molecular complexity index is 270. The van der Waals surface area contributed by atoms with Crippen LogP contribution < -0.4 is 10.6 Å². The van der Waals surface area contributed by atoms with Crippen molar-refractivity contribution in [1.82, 2.24) is 0 Å². The molecule has 0 rings (SSSR count). The summed E-state index contributed by atoms with van der Waals surface area (Å²) < 4.78 is 15.5. The van der Waals surface area contributed by atoms with Crippen LogP contribution in [0.3, 0.4) is 0 Å². The first kappa shape index (κ1) is 14.8. The molecule has 7 heteroatoms. The standard InChI is InChI=1S/C8H19N2O4P/c1-5-6-8(9,7-10(2,3)4)14-15(11,12)13/h5H,1,6-7,9H2,2-4H3,(H-,11,12,13). The summed E-state index contributed by atoms with van der Waals surface area (Å²) in [6, 6.07) is 0. The number of likely N-dealkylation sites (N-methyl/N-ethyl adjacent to an activating group) is 1. The van der Waals surface area contributed by atoms with Crippen molar-refractivity contribution in [2.45, 2.75) is 12.1 Å². The van der Waals surface area contributed by atoms with Crippen molar-refractivity contribution in [2.75, 3.05) is 27.7 Å². The van der Waals surface area contributed by atoms with Crippen molar-refractivity contribution in [3.8, 4) is 0 Å². The smallest absolute Gasteiger partial charge is 0.267 e. The van der Waals surface area contributed by atoms with E-state index in [1.807, 2.05) is 21.1 Å². The molecule has 0 fully saturated rings. The van der Waals surface area contributed by atoms with E-state index >= 15 is 0 Å². The Morgan fingerprint density at radius 1 is 1.67 bits per heavy atom. The summed E-state index contributed by atoms with van der Waals surface area (Å²) in [7, 11) is 0.668. The maximum Gasteiger partial charge on any atom is 0.267 e. The number of hydrogen-bond donors (Lipinski definition) is 2. The highest BCUT2D eigenvalue weighted by Crippen LogP contribution is 2.37. The van der Waals surface area contributed by atoms with Gasteiger partial charge in [0.05, 0.1) is 21.1 Å². The van der Waals surface area contributed by atoms with Crippen molar-refractivity contribution in [1.29, 1.82) is 0 Å². The van der Waals surface area contributed by atoms with Crippen molar-refractivity contribution < 1.29 is 23.4 Å². The van der Waals surface area contributed by atoms with Gasteiger partial charge in [0, 0.05) is 6.42 Å². The third-order valence-corrected chi connectivity index (χ3v) is 2.12. The quantitative estimate of drug-likeness (QED) is 0.279. The van der Waals surface area contributed by atoms with Gasteiger partial charge in [-0.2, -0.15) is 0 Å². The molecule has 90 valence electrons. The summed E-state index contributed by atoms with van der Waals surface area (Å²) in [6.45, 7) is 3.69. The van der Waals surface area contributed by atoms with Gasteiger partial charge in [-0.15, -0.1) is 6.58 Å². The summed E-state index contributed by atoms with van der Waals surface area (Å²) in [4.78, 5) is 19.3. The van der Waals surface area contributed by atoms with E-state index in [0.717, 1.165) is 0 Å². The van der Waals surface area contributed by atoms with Gasteiger partial charge in [-0.3, -0.25) is 14.8 Å². The highest BCUT2D eigenvalue weighted by molar-refractivity contribution is 7.44. The van der Waals surface area contributed by atoms with E-state index in [1.165, 1.54) is 6.08 Å². The number of nitrogens with zero attached hydrogens (tertiary/aromatic N) is 1. The maximum atomic E-state index is 10.6. The predicted molar refractivity (Wildman–Crippen MR) is 55.5 cm³/mol. The average molecular weight is 238 g/mol. The van der Waals surface area contributed by atoms with Crippen LogP contribution in [0.25, 0.3) is 0 Å². The van der Waals surface area contributed by atoms with Crippen molar-refractivity contribution >= 4 is 7.82 Å². The number of nitrogens with two attached hydrogens (primary N) is 1. The Kier molecular flexibility index (Phi) is 4.67. The summed E-state index contributed by atoms with van der Waals surface area (Å²) in [5.41, 5.74) is 4.29. The highest BCUT2D eigenvalue weighted by atomic mass is 31.2. The van der Waals surface area contributed by atoms with E-state index < -0.39 is 13.5 Å². The normalized spacial score (nSPS) is 20.4. The van der Waals surface area contributed by atoms with Gasteiger partial charge in [0.2, 0.25) is 0 Å². The molecule has 0 bridgehead atoms. The van der Waals surface area contributed by atoms with Crippen LogP contribution in [0.15, 0.2) is 12.7 Å². The Morgan fingerprint density at radius 3 is 2.40 bits per heavy atom. The van der Waals surface area contributed by atoms with Crippen LogP contribution in [-0.2, 0) is 9.09 Å². The maximum absolute atomic E-state index is 10.6. The molecular formula is C8H19N2O4P. The van der Waals surface area contributed by atoms with Crippen molar-refractivity contribution in [3.63, 3.8) is 0 Å².